The number of hydrogen-bond acceptors (Lipinski definition) is 6. The quantitative estimate of drug-likeness (QED) is 0.549. The summed E-state index contributed by atoms with van der Waals surface area (Å²) in [5.41, 5.74) is 2.32. The highest BCUT2D eigenvalue weighted by molar-refractivity contribution is 6.30. The number of carbonyl (C=O) groups excluding carboxylic acids is 1. The van der Waals surface area contributed by atoms with Crippen LogP contribution >= 0.6 is 11.6 Å². The lowest BCUT2D eigenvalue weighted by Crippen LogP contribution is -2.14. The van der Waals surface area contributed by atoms with Crippen molar-refractivity contribution in [3.8, 4) is 17.2 Å². The summed E-state index contributed by atoms with van der Waals surface area (Å²) >= 11 is 6.10. The van der Waals surface area contributed by atoms with Crippen molar-refractivity contribution >= 4 is 23.6 Å². The average molecular weight is 391 g/mol. The first-order valence-corrected chi connectivity index (χ1v) is 8.57. The van der Waals surface area contributed by atoms with E-state index in [1.54, 1.807) is 44.6 Å². The van der Waals surface area contributed by atoms with Gasteiger partial charge in [-0.25, -0.2) is 4.79 Å². The number of hydrogen-bond donors (Lipinski definition) is 0. The van der Waals surface area contributed by atoms with E-state index in [2.05, 4.69) is 0 Å². The minimum Gasteiger partial charge on any atom is -0.493 e. The third kappa shape index (κ3) is 4.72. The number of ether oxygens (including phenoxy) is 5. The van der Waals surface area contributed by atoms with Gasteiger partial charge in [0.25, 0.3) is 0 Å². The molecule has 1 aliphatic heterocycles. The van der Waals surface area contributed by atoms with Gasteiger partial charge in [-0.05, 0) is 35.9 Å². The van der Waals surface area contributed by atoms with Crippen LogP contribution in [0.1, 0.15) is 16.7 Å². The minimum atomic E-state index is -0.481. The van der Waals surface area contributed by atoms with Crippen LogP contribution in [0.3, 0.4) is 0 Å². The minimum absolute atomic E-state index is 0.0536. The molecule has 0 spiro atoms. The molecule has 27 heavy (non-hydrogen) atoms. The van der Waals surface area contributed by atoms with Gasteiger partial charge >= 0.3 is 5.97 Å². The smallest absolute Gasteiger partial charge is 0.331 e. The molecule has 6 nitrogen and oxygen atoms in total. The predicted octanol–water partition coefficient (Wildman–Crippen LogP) is 3.98. The van der Waals surface area contributed by atoms with Gasteiger partial charge in [0.1, 0.15) is 12.4 Å². The third-order valence-corrected chi connectivity index (χ3v) is 4.16. The Kier molecular flexibility index (Phi) is 6.21. The van der Waals surface area contributed by atoms with E-state index in [1.807, 2.05) is 6.07 Å². The largest absolute Gasteiger partial charge is 0.493 e. The Balaban J connectivity index is 1.65. The first-order valence-electron chi connectivity index (χ1n) is 8.19. The molecule has 3 rings (SSSR count). The topological polar surface area (TPSA) is 63.2 Å². The SMILES string of the molecule is COc1ccc(/C=C/C(=O)OCc2cc(Cl)cc3c2OCOC3)cc1OC. The number of benzene rings is 2. The van der Waals surface area contributed by atoms with Crippen LogP contribution in [0.5, 0.6) is 17.2 Å². The lowest BCUT2D eigenvalue weighted by molar-refractivity contribution is -0.139. The van der Waals surface area contributed by atoms with Crippen molar-refractivity contribution in [2.24, 2.45) is 0 Å². The summed E-state index contributed by atoms with van der Waals surface area (Å²) in [6, 6.07) is 8.84. The standard InChI is InChI=1S/C20H19ClO6/c1-23-17-5-3-13(7-18(17)24-2)4-6-19(22)26-11-15-9-16(21)8-14-10-25-12-27-20(14)15/h3-9H,10-12H2,1-2H3/b6-4+. The zero-order valence-corrected chi connectivity index (χ0v) is 15.7. The van der Waals surface area contributed by atoms with E-state index in [9.17, 15) is 4.79 Å². The zero-order valence-electron chi connectivity index (χ0n) is 15.0. The van der Waals surface area contributed by atoms with Crippen LogP contribution in [0.25, 0.3) is 6.08 Å². The second-order valence-electron chi connectivity index (χ2n) is 5.72. The summed E-state index contributed by atoms with van der Waals surface area (Å²) < 4.78 is 26.5. The monoisotopic (exact) mass is 390 g/mol. The number of carbonyl (C=O) groups is 1. The molecule has 1 aliphatic rings. The molecule has 0 saturated carbocycles. The van der Waals surface area contributed by atoms with Crippen LogP contribution in [-0.4, -0.2) is 27.0 Å². The van der Waals surface area contributed by atoms with E-state index in [4.69, 9.17) is 35.3 Å². The Bertz CT molecular complexity index is 862. The molecule has 0 aliphatic carbocycles. The van der Waals surface area contributed by atoms with Crippen LogP contribution < -0.4 is 14.2 Å². The molecule has 2 aromatic rings. The maximum atomic E-state index is 12.1. The van der Waals surface area contributed by atoms with Crippen LogP contribution in [0.15, 0.2) is 36.4 Å². The maximum absolute atomic E-state index is 12.1. The second-order valence-corrected chi connectivity index (χ2v) is 6.16. The Labute approximate surface area is 162 Å². The molecule has 1 heterocycles. The highest BCUT2D eigenvalue weighted by Gasteiger charge is 2.17. The Morgan fingerprint density at radius 1 is 1.19 bits per heavy atom. The van der Waals surface area contributed by atoms with E-state index in [0.717, 1.165) is 11.1 Å². The summed E-state index contributed by atoms with van der Waals surface area (Å²) in [7, 11) is 3.12. The van der Waals surface area contributed by atoms with Gasteiger partial charge in [-0.2, -0.15) is 0 Å². The molecule has 0 radical (unpaired) electrons. The number of halogens is 1. The van der Waals surface area contributed by atoms with Crippen LogP contribution in [0.4, 0.5) is 0 Å². The molecule has 7 heteroatoms. The fraction of sp³-hybridized carbons (Fsp3) is 0.250. The van der Waals surface area contributed by atoms with Crippen molar-refractivity contribution in [1.82, 2.24) is 0 Å². The molecule has 0 saturated heterocycles. The fourth-order valence-corrected chi connectivity index (χ4v) is 2.95. The van der Waals surface area contributed by atoms with Crippen molar-refractivity contribution in [3.05, 3.63) is 58.1 Å². The van der Waals surface area contributed by atoms with Crippen molar-refractivity contribution in [2.75, 3.05) is 21.0 Å². The molecule has 0 fully saturated rings. The molecule has 0 bridgehead atoms. The van der Waals surface area contributed by atoms with Gasteiger partial charge in [0, 0.05) is 22.2 Å². The molecule has 0 amide bonds. The highest BCUT2D eigenvalue weighted by atomic mass is 35.5. The molecular weight excluding hydrogens is 372 g/mol. The van der Waals surface area contributed by atoms with Crippen molar-refractivity contribution < 1.29 is 28.5 Å². The van der Waals surface area contributed by atoms with Gasteiger partial charge in [0.15, 0.2) is 18.3 Å². The summed E-state index contributed by atoms with van der Waals surface area (Å²) in [6.07, 6.45) is 2.99. The van der Waals surface area contributed by atoms with Crippen molar-refractivity contribution in [3.63, 3.8) is 0 Å². The molecule has 142 valence electrons. The normalized spacial score (nSPS) is 13.0. The molecule has 0 N–H and O–H groups in total. The van der Waals surface area contributed by atoms with E-state index >= 15 is 0 Å². The zero-order chi connectivity index (χ0) is 19.2. The maximum Gasteiger partial charge on any atom is 0.331 e. The predicted molar refractivity (Wildman–Crippen MR) is 100 cm³/mol. The molecular formula is C20H19ClO6. The molecule has 0 atom stereocenters. The van der Waals surface area contributed by atoms with Gasteiger partial charge in [-0.15, -0.1) is 0 Å². The molecule has 0 aromatic heterocycles. The van der Waals surface area contributed by atoms with Gasteiger partial charge in [-0.3, -0.25) is 0 Å². The Morgan fingerprint density at radius 2 is 2.00 bits per heavy atom. The summed E-state index contributed by atoms with van der Waals surface area (Å²) in [4.78, 5) is 12.1. The first-order chi connectivity index (χ1) is 13.1. The third-order valence-electron chi connectivity index (χ3n) is 3.94. The fourth-order valence-electron chi connectivity index (χ4n) is 2.68. The van der Waals surface area contributed by atoms with E-state index in [0.29, 0.717) is 34.4 Å². The van der Waals surface area contributed by atoms with Crippen LogP contribution in [-0.2, 0) is 27.5 Å². The number of methoxy groups -OCH3 is 2. The van der Waals surface area contributed by atoms with Gasteiger partial charge in [0.05, 0.1) is 20.8 Å². The highest BCUT2D eigenvalue weighted by Crippen LogP contribution is 2.32. The Morgan fingerprint density at radius 3 is 2.78 bits per heavy atom. The van der Waals surface area contributed by atoms with Gasteiger partial charge < -0.3 is 23.7 Å². The Hall–Kier alpha value is -2.70. The van der Waals surface area contributed by atoms with E-state index in [1.165, 1.54) is 6.08 Å². The molecule has 0 unspecified atom stereocenters. The number of rotatable bonds is 6. The van der Waals surface area contributed by atoms with Crippen molar-refractivity contribution in [2.45, 2.75) is 13.2 Å². The summed E-state index contributed by atoms with van der Waals surface area (Å²) in [6.45, 7) is 0.628. The summed E-state index contributed by atoms with van der Waals surface area (Å²) in [5.74, 6) is 1.37. The first kappa shape index (κ1) is 19.1. The van der Waals surface area contributed by atoms with Crippen LogP contribution in [0, 0.1) is 0 Å². The van der Waals surface area contributed by atoms with Crippen LogP contribution in [0.2, 0.25) is 5.02 Å². The summed E-state index contributed by atoms with van der Waals surface area (Å²) in [5, 5.41) is 0.537. The lowest BCUT2D eigenvalue weighted by atomic mass is 10.1. The lowest BCUT2D eigenvalue weighted by Gasteiger charge is -2.20. The average Bonchev–Trinajstić information content (AvgIpc) is 2.70. The van der Waals surface area contributed by atoms with Gasteiger partial charge in [-0.1, -0.05) is 17.7 Å². The second kappa shape index (κ2) is 8.79. The van der Waals surface area contributed by atoms with Gasteiger partial charge in [0.2, 0.25) is 0 Å². The number of esters is 1. The van der Waals surface area contributed by atoms with E-state index in [-0.39, 0.29) is 13.4 Å². The van der Waals surface area contributed by atoms with E-state index < -0.39 is 5.97 Å². The number of fused-ring (bicyclic) bond motifs is 1. The van der Waals surface area contributed by atoms with Crippen molar-refractivity contribution in [1.29, 1.82) is 0 Å². The molecule has 2 aromatic carbocycles.